The Bertz CT molecular complexity index is 362. The standard InChI is InChI=1S/C11H17NO3S/c1-5-15-11(13)10-8(3)16-9(12-10)6-7(2)14-4/h7H,5-6H2,1-4H3. The number of thiazole rings is 1. The van der Waals surface area contributed by atoms with Crippen LogP contribution in [0.5, 0.6) is 0 Å². The number of ether oxygens (including phenoxy) is 2. The van der Waals surface area contributed by atoms with Gasteiger partial charge in [-0.05, 0) is 20.8 Å². The third kappa shape index (κ3) is 3.28. The Balaban J connectivity index is 2.77. The van der Waals surface area contributed by atoms with Crippen LogP contribution in [0, 0.1) is 6.92 Å². The van der Waals surface area contributed by atoms with Crippen molar-refractivity contribution < 1.29 is 14.3 Å². The Labute approximate surface area is 99.6 Å². The smallest absolute Gasteiger partial charge is 0.358 e. The van der Waals surface area contributed by atoms with Gasteiger partial charge in [0.15, 0.2) is 5.69 Å². The lowest BCUT2D eigenvalue weighted by molar-refractivity contribution is 0.0519. The van der Waals surface area contributed by atoms with Crippen LogP contribution in [-0.4, -0.2) is 30.8 Å². The summed E-state index contributed by atoms with van der Waals surface area (Å²) in [6.07, 6.45) is 0.835. The summed E-state index contributed by atoms with van der Waals surface area (Å²) in [6, 6.07) is 0. The molecule has 0 bridgehead atoms. The van der Waals surface area contributed by atoms with E-state index in [0.717, 1.165) is 16.3 Å². The van der Waals surface area contributed by atoms with Crippen LogP contribution in [0.25, 0.3) is 0 Å². The Morgan fingerprint density at radius 3 is 2.81 bits per heavy atom. The van der Waals surface area contributed by atoms with Crippen molar-refractivity contribution in [2.75, 3.05) is 13.7 Å². The number of methoxy groups -OCH3 is 1. The number of hydrogen-bond acceptors (Lipinski definition) is 5. The van der Waals surface area contributed by atoms with Gasteiger partial charge in [0.2, 0.25) is 0 Å². The zero-order chi connectivity index (χ0) is 12.1. The van der Waals surface area contributed by atoms with Crippen LogP contribution in [-0.2, 0) is 15.9 Å². The summed E-state index contributed by atoms with van der Waals surface area (Å²) in [5, 5.41) is 0.912. The molecule has 0 fully saturated rings. The van der Waals surface area contributed by atoms with Crippen molar-refractivity contribution >= 4 is 17.3 Å². The van der Waals surface area contributed by atoms with Gasteiger partial charge in [-0.1, -0.05) is 0 Å². The van der Waals surface area contributed by atoms with Gasteiger partial charge >= 0.3 is 5.97 Å². The highest BCUT2D eigenvalue weighted by atomic mass is 32.1. The lowest BCUT2D eigenvalue weighted by Crippen LogP contribution is -2.10. The molecule has 0 radical (unpaired) electrons. The number of hydrogen-bond donors (Lipinski definition) is 0. The van der Waals surface area contributed by atoms with Gasteiger partial charge in [0.05, 0.1) is 17.7 Å². The summed E-state index contributed by atoms with van der Waals surface area (Å²) in [5.41, 5.74) is 0.435. The van der Waals surface area contributed by atoms with Crippen molar-refractivity contribution in [2.45, 2.75) is 33.3 Å². The molecular formula is C11H17NO3S. The molecule has 0 aliphatic rings. The van der Waals surface area contributed by atoms with E-state index in [2.05, 4.69) is 4.98 Å². The van der Waals surface area contributed by atoms with E-state index < -0.39 is 0 Å². The minimum Gasteiger partial charge on any atom is -0.461 e. The molecule has 0 aromatic carbocycles. The van der Waals surface area contributed by atoms with E-state index in [4.69, 9.17) is 9.47 Å². The van der Waals surface area contributed by atoms with Crippen LogP contribution >= 0.6 is 11.3 Å². The predicted octanol–water partition coefficient (Wildman–Crippen LogP) is 2.21. The van der Waals surface area contributed by atoms with Crippen LogP contribution in [0.3, 0.4) is 0 Å². The lowest BCUT2D eigenvalue weighted by Gasteiger charge is -2.05. The molecule has 90 valence electrons. The van der Waals surface area contributed by atoms with Crippen molar-refractivity contribution in [1.82, 2.24) is 4.98 Å². The molecule has 0 N–H and O–H groups in total. The molecule has 1 aromatic heterocycles. The monoisotopic (exact) mass is 243 g/mol. The highest BCUT2D eigenvalue weighted by Gasteiger charge is 2.17. The second-order valence-electron chi connectivity index (χ2n) is 3.48. The lowest BCUT2D eigenvalue weighted by atomic mass is 10.3. The van der Waals surface area contributed by atoms with Crippen LogP contribution in [0.1, 0.15) is 34.2 Å². The van der Waals surface area contributed by atoms with E-state index in [1.165, 1.54) is 11.3 Å². The van der Waals surface area contributed by atoms with E-state index in [0.29, 0.717) is 12.3 Å². The first-order chi connectivity index (χ1) is 7.58. The second kappa shape index (κ2) is 5.96. The van der Waals surface area contributed by atoms with Crippen LogP contribution < -0.4 is 0 Å². The summed E-state index contributed by atoms with van der Waals surface area (Å²) >= 11 is 1.52. The number of esters is 1. The maximum absolute atomic E-state index is 11.5. The van der Waals surface area contributed by atoms with Crippen LogP contribution in [0.15, 0.2) is 0 Å². The summed E-state index contributed by atoms with van der Waals surface area (Å²) < 4.78 is 10.1. The maximum Gasteiger partial charge on any atom is 0.358 e. The van der Waals surface area contributed by atoms with Crippen molar-refractivity contribution in [3.05, 3.63) is 15.6 Å². The molecule has 1 heterocycles. The fraction of sp³-hybridized carbons (Fsp3) is 0.636. The van der Waals surface area contributed by atoms with E-state index in [9.17, 15) is 4.79 Å². The molecule has 0 saturated heterocycles. The summed E-state index contributed by atoms with van der Waals surface area (Å²) in [4.78, 5) is 16.7. The molecule has 5 heteroatoms. The van der Waals surface area contributed by atoms with E-state index in [1.54, 1.807) is 14.0 Å². The van der Waals surface area contributed by atoms with E-state index >= 15 is 0 Å². The Hall–Kier alpha value is -0.940. The van der Waals surface area contributed by atoms with Gasteiger partial charge in [-0.2, -0.15) is 0 Å². The maximum atomic E-state index is 11.5. The average Bonchev–Trinajstić information content (AvgIpc) is 2.59. The normalized spacial score (nSPS) is 12.5. The third-order valence-corrected chi connectivity index (χ3v) is 3.17. The number of carbonyl (C=O) groups excluding carboxylic acids is 1. The fourth-order valence-electron chi connectivity index (χ4n) is 1.26. The number of nitrogens with zero attached hydrogens (tertiary/aromatic N) is 1. The Morgan fingerprint density at radius 1 is 1.56 bits per heavy atom. The van der Waals surface area contributed by atoms with E-state index in [-0.39, 0.29) is 12.1 Å². The minimum atomic E-state index is -0.340. The van der Waals surface area contributed by atoms with Crippen LogP contribution in [0.4, 0.5) is 0 Å². The molecule has 0 aliphatic heterocycles. The second-order valence-corrected chi connectivity index (χ2v) is 4.77. The molecule has 1 rings (SSSR count). The number of aryl methyl sites for hydroxylation is 1. The van der Waals surface area contributed by atoms with Gasteiger partial charge in [-0.3, -0.25) is 0 Å². The zero-order valence-electron chi connectivity index (χ0n) is 10.1. The summed E-state index contributed by atoms with van der Waals surface area (Å²) in [6.45, 7) is 6.01. The van der Waals surface area contributed by atoms with Gasteiger partial charge in [0.25, 0.3) is 0 Å². The zero-order valence-corrected chi connectivity index (χ0v) is 10.9. The first kappa shape index (κ1) is 13.1. The summed E-state index contributed by atoms with van der Waals surface area (Å²) in [5.74, 6) is -0.340. The molecule has 1 unspecified atom stereocenters. The largest absolute Gasteiger partial charge is 0.461 e. The van der Waals surface area contributed by atoms with Crippen molar-refractivity contribution in [3.63, 3.8) is 0 Å². The van der Waals surface area contributed by atoms with Gasteiger partial charge in [-0.25, -0.2) is 9.78 Å². The van der Waals surface area contributed by atoms with Gasteiger partial charge in [0.1, 0.15) is 0 Å². The topological polar surface area (TPSA) is 48.4 Å². The SMILES string of the molecule is CCOC(=O)c1nc(CC(C)OC)sc1C. The first-order valence-corrected chi connectivity index (χ1v) is 6.06. The van der Waals surface area contributed by atoms with Crippen LogP contribution in [0.2, 0.25) is 0 Å². The number of carbonyl (C=O) groups is 1. The molecule has 4 nitrogen and oxygen atoms in total. The highest BCUT2D eigenvalue weighted by Crippen LogP contribution is 2.20. The first-order valence-electron chi connectivity index (χ1n) is 5.24. The van der Waals surface area contributed by atoms with Crippen molar-refractivity contribution in [1.29, 1.82) is 0 Å². The van der Waals surface area contributed by atoms with E-state index in [1.807, 2.05) is 13.8 Å². The molecule has 16 heavy (non-hydrogen) atoms. The Morgan fingerprint density at radius 2 is 2.25 bits per heavy atom. The number of rotatable bonds is 5. The van der Waals surface area contributed by atoms with Crippen molar-refractivity contribution in [2.24, 2.45) is 0 Å². The van der Waals surface area contributed by atoms with Crippen molar-refractivity contribution in [3.8, 4) is 0 Å². The predicted molar refractivity (Wildman–Crippen MR) is 63.0 cm³/mol. The highest BCUT2D eigenvalue weighted by molar-refractivity contribution is 7.11. The molecule has 1 atom stereocenters. The molecular weight excluding hydrogens is 226 g/mol. The van der Waals surface area contributed by atoms with Gasteiger partial charge in [-0.15, -0.1) is 11.3 Å². The quantitative estimate of drug-likeness (QED) is 0.744. The Kier molecular flexibility index (Phi) is 4.89. The van der Waals surface area contributed by atoms with Gasteiger partial charge in [0, 0.05) is 18.4 Å². The fourth-order valence-corrected chi connectivity index (χ4v) is 2.29. The molecule has 0 spiro atoms. The third-order valence-electron chi connectivity index (χ3n) is 2.17. The molecule has 0 aliphatic carbocycles. The number of aromatic nitrogens is 1. The molecule has 1 aromatic rings. The summed E-state index contributed by atoms with van der Waals surface area (Å²) in [7, 11) is 1.66. The van der Waals surface area contributed by atoms with Gasteiger partial charge < -0.3 is 9.47 Å². The average molecular weight is 243 g/mol. The minimum absolute atomic E-state index is 0.112. The molecule has 0 amide bonds. The molecule has 0 saturated carbocycles.